The van der Waals surface area contributed by atoms with E-state index in [4.69, 9.17) is 11.6 Å². The van der Waals surface area contributed by atoms with Gasteiger partial charge in [-0.05, 0) is 49.7 Å². The number of likely N-dealkylation sites (tertiary alicyclic amines) is 1. The van der Waals surface area contributed by atoms with Crippen molar-refractivity contribution in [2.75, 3.05) is 19.6 Å². The third kappa shape index (κ3) is 4.90. The fourth-order valence-corrected chi connectivity index (χ4v) is 3.66. The SMILES string of the molecule is Cn1cccc1C(CNC(=O)C(=O)NCc1ccccc1Cl)N1CCCC1. The zero-order chi connectivity index (χ0) is 19.2. The summed E-state index contributed by atoms with van der Waals surface area (Å²) >= 11 is 6.07. The van der Waals surface area contributed by atoms with Gasteiger partial charge in [-0.15, -0.1) is 0 Å². The summed E-state index contributed by atoms with van der Waals surface area (Å²) in [6.45, 7) is 2.63. The molecule has 1 atom stereocenters. The van der Waals surface area contributed by atoms with E-state index in [0.717, 1.165) is 37.2 Å². The number of halogens is 1. The first kappa shape index (κ1) is 19.5. The topological polar surface area (TPSA) is 66.4 Å². The van der Waals surface area contributed by atoms with E-state index < -0.39 is 11.8 Å². The molecule has 7 heteroatoms. The van der Waals surface area contributed by atoms with E-state index in [1.165, 1.54) is 0 Å². The van der Waals surface area contributed by atoms with Crippen molar-refractivity contribution in [3.8, 4) is 0 Å². The number of aryl methyl sites for hydroxylation is 1. The summed E-state index contributed by atoms with van der Waals surface area (Å²) in [5.41, 5.74) is 1.91. The van der Waals surface area contributed by atoms with Gasteiger partial charge in [0.05, 0.1) is 6.04 Å². The van der Waals surface area contributed by atoms with E-state index in [-0.39, 0.29) is 12.6 Å². The number of hydrogen-bond acceptors (Lipinski definition) is 3. The second-order valence-electron chi connectivity index (χ2n) is 6.79. The molecule has 1 aromatic heterocycles. The molecule has 6 nitrogen and oxygen atoms in total. The summed E-state index contributed by atoms with van der Waals surface area (Å²) in [7, 11) is 2.00. The van der Waals surface area contributed by atoms with Gasteiger partial charge in [0, 0.05) is 37.1 Å². The molecular weight excluding hydrogens is 364 g/mol. The highest BCUT2D eigenvalue weighted by Crippen LogP contribution is 2.24. The average molecular weight is 389 g/mol. The van der Waals surface area contributed by atoms with Crippen LogP contribution in [0.1, 0.15) is 30.1 Å². The fraction of sp³-hybridized carbons (Fsp3) is 0.400. The van der Waals surface area contributed by atoms with Gasteiger partial charge >= 0.3 is 11.8 Å². The Morgan fingerprint density at radius 3 is 2.44 bits per heavy atom. The highest BCUT2D eigenvalue weighted by atomic mass is 35.5. The van der Waals surface area contributed by atoms with Crippen molar-refractivity contribution in [1.82, 2.24) is 20.1 Å². The number of carbonyl (C=O) groups is 2. The van der Waals surface area contributed by atoms with E-state index >= 15 is 0 Å². The Morgan fingerprint density at radius 1 is 1.07 bits per heavy atom. The Hall–Kier alpha value is -2.31. The highest BCUT2D eigenvalue weighted by Gasteiger charge is 2.26. The van der Waals surface area contributed by atoms with Crippen LogP contribution in [0.4, 0.5) is 0 Å². The zero-order valence-electron chi connectivity index (χ0n) is 15.5. The van der Waals surface area contributed by atoms with Crippen LogP contribution in [0.25, 0.3) is 0 Å². The number of carbonyl (C=O) groups excluding carboxylic acids is 2. The van der Waals surface area contributed by atoms with Crippen LogP contribution in [-0.4, -0.2) is 40.9 Å². The van der Waals surface area contributed by atoms with Gasteiger partial charge in [0.2, 0.25) is 0 Å². The van der Waals surface area contributed by atoms with Crippen LogP contribution >= 0.6 is 11.6 Å². The number of aromatic nitrogens is 1. The Labute approximate surface area is 164 Å². The molecule has 2 heterocycles. The molecule has 0 aliphatic carbocycles. The molecular formula is C20H25ClN4O2. The number of hydrogen-bond donors (Lipinski definition) is 2. The molecule has 27 heavy (non-hydrogen) atoms. The van der Waals surface area contributed by atoms with E-state index in [1.54, 1.807) is 6.07 Å². The third-order valence-corrected chi connectivity index (χ3v) is 5.33. The molecule has 0 saturated carbocycles. The smallest absolute Gasteiger partial charge is 0.309 e. The van der Waals surface area contributed by atoms with Crippen LogP contribution in [0.5, 0.6) is 0 Å². The van der Waals surface area contributed by atoms with E-state index in [9.17, 15) is 9.59 Å². The zero-order valence-corrected chi connectivity index (χ0v) is 16.2. The molecule has 2 aromatic rings. The van der Waals surface area contributed by atoms with Crippen molar-refractivity contribution < 1.29 is 9.59 Å². The number of nitrogens with zero attached hydrogens (tertiary/aromatic N) is 2. The lowest BCUT2D eigenvalue weighted by molar-refractivity contribution is -0.139. The summed E-state index contributed by atoms with van der Waals surface area (Å²) in [5.74, 6) is -1.28. The maximum atomic E-state index is 12.2. The first-order valence-electron chi connectivity index (χ1n) is 9.21. The lowest BCUT2D eigenvalue weighted by Crippen LogP contribution is -2.44. The van der Waals surface area contributed by atoms with Crippen LogP contribution < -0.4 is 10.6 Å². The van der Waals surface area contributed by atoms with Crippen molar-refractivity contribution in [3.63, 3.8) is 0 Å². The number of nitrogens with one attached hydrogen (secondary N) is 2. The van der Waals surface area contributed by atoms with Gasteiger partial charge in [-0.2, -0.15) is 0 Å². The number of rotatable bonds is 6. The minimum atomic E-state index is -0.651. The van der Waals surface area contributed by atoms with Crippen LogP contribution in [0.2, 0.25) is 5.02 Å². The summed E-state index contributed by atoms with van der Waals surface area (Å²) in [4.78, 5) is 26.7. The van der Waals surface area contributed by atoms with Crippen LogP contribution in [-0.2, 0) is 23.2 Å². The van der Waals surface area contributed by atoms with Crippen LogP contribution in [0, 0.1) is 0 Å². The van der Waals surface area contributed by atoms with Gasteiger partial charge in [-0.1, -0.05) is 29.8 Å². The monoisotopic (exact) mass is 388 g/mol. The molecule has 1 aromatic carbocycles. The Morgan fingerprint density at radius 2 is 1.78 bits per heavy atom. The second kappa shape index (κ2) is 9.06. The van der Waals surface area contributed by atoms with Crippen molar-refractivity contribution >= 4 is 23.4 Å². The predicted molar refractivity (Wildman–Crippen MR) is 105 cm³/mol. The quantitative estimate of drug-likeness (QED) is 0.746. The Kier molecular flexibility index (Phi) is 6.53. The minimum absolute atomic E-state index is 0.0628. The minimum Gasteiger partial charge on any atom is -0.353 e. The summed E-state index contributed by atoms with van der Waals surface area (Å²) in [6.07, 6.45) is 4.32. The van der Waals surface area contributed by atoms with Gasteiger partial charge in [-0.25, -0.2) is 0 Å². The molecule has 1 unspecified atom stereocenters. The third-order valence-electron chi connectivity index (χ3n) is 4.97. The molecule has 2 N–H and O–H groups in total. The second-order valence-corrected chi connectivity index (χ2v) is 7.19. The van der Waals surface area contributed by atoms with Crippen molar-refractivity contribution in [1.29, 1.82) is 0 Å². The summed E-state index contributed by atoms with van der Waals surface area (Å²) in [6, 6.07) is 11.4. The first-order chi connectivity index (χ1) is 13.1. The molecule has 2 amide bonds. The summed E-state index contributed by atoms with van der Waals surface area (Å²) < 4.78 is 2.06. The molecule has 1 aliphatic rings. The molecule has 3 rings (SSSR count). The van der Waals surface area contributed by atoms with Crippen molar-refractivity contribution in [2.24, 2.45) is 7.05 Å². The van der Waals surface area contributed by atoms with E-state index in [0.29, 0.717) is 11.6 Å². The van der Waals surface area contributed by atoms with Crippen molar-refractivity contribution in [2.45, 2.75) is 25.4 Å². The van der Waals surface area contributed by atoms with Gasteiger partial charge in [0.15, 0.2) is 0 Å². The standard InChI is InChI=1S/C20H25ClN4O2/c1-24-10-6-9-17(24)18(25-11-4-5-12-25)14-23-20(27)19(26)22-13-15-7-2-3-8-16(15)21/h2-3,6-10,18H,4-5,11-14H2,1H3,(H,22,26)(H,23,27). The highest BCUT2D eigenvalue weighted by molar-refractivity contribution is 6.35. The Balaban J connectivity index is 1.56. The Bertz CT molecular complexity index is 799. The van der Waals surface area contributed by atoms with Crippen molar-refractivity contribution in [3.05, 3.63) is 58.9 Å². The largest absolute Gasteiger partial charge is 0.353 e. The van der Waals surface area contributed by atoms with Gasteiger partial charge in [0.25, 0.3) is 0 Å². The van der Waals surface area contributed by atoms with Gasteiger partial charge < -0.3 is 15.2 Å². The number of benzene rings is 1. The lowest BCUT2D eigenvalue weighted by Gasteiger charge is -2.28. The molecule has 1 aliphatic heterocycles. The predicted octanol–water partition coefficient (Wildman–Crippen LogP) is 2.25. The van der Waals surface area contributed by atoms with Gasteiger partial charge in [-0.3, -0.25) is 14.5 Å². The summed E-state index contributed by atoms with van der Waals surface area (Å²) in [5, 5.41) is 5.98. The average Bonchev–Trinajstić information content (AvgIpc) is 3.33. The van der Waals surface area contributed by atoms with Crippen LogP contribution in [0.15, 0.2) is 42.6 Å². The van der Waals surface area contributed by atoms with Gasteiger partial charge in [0.1, 0.15) is 0 Å². The number of amides is 2. The van der Waals surface area contributed by atoms with E-state index in [2.05, 4.69) is 26.2 Å². The fourth-order valence-electron chi connectivity index (χ4n) is 3.46. The van der Waals surface area contributed by atoms with E-state index in [1.807, 2.05) is 37.5 Å². The lowest BCUT2D eigenvalue weighted by atomic mass is 10.1. The maximum Gasteiger partial charge on any atom is 0.309 e. The maximum absolute atomic E-state index is 12.2. The molecule has 1 fully saturated rings. The molecule has 0 bridgehead atoms. The molecule has 1 saturated heterocycles. The normalized spacial score (nSPS) is 15.5. The molecule has 0 radical (unpaired) electrons. The molecule has 144 valence electrons. The molecule has 0 spiro atoms. The van der Waals surface area contributed by atoms with Crippen LogP contribution in [0.3, 0.4) is 0 Å². The first-order valence-corrected chi connectivity index (χ1v) is 9.59.